The van der Waals surface area contributed by atoms with Crippen LogP contribution < -0.4 is 0 Å². The molecule has 0 amide bonds. The molecule has 0 aliphatic heterocycles. The van der Waals surface area contributed by atoms with Crippen LogP contribution in [0.15, 0.2) is 42.0 Å². The fourth-order valence-electron chi connectivity index (χ4n) is 1.75. The van der Waals surface area contributed by atoms with Crippen molar-refractivity contribution in [1.82, 2.24) is 0 Å². The molecular weight excluding hydrogens is 304 g/mol. The van der Waals surface area contributed by atoms with Crippen molar-refractivity contribution < 1.29 is 14.5 Å². The minimum atomic E-state index is -0.701. The van der Waals surface area contributed by atoms with Crippen molar-refractivity contribution >= 4 is 29.1 Å². The first kappa shape index (κ1) is 15.4. The fraction of sp³-hybridized carbons (Fsp3) is 0.0667. The number of ether oxygens (including phenoxy) is 1. The molecule has 7 heteroatoms. The van der Waals surface area contributed by atoms with E-state index in [1.165, 1.54) is 36.7 Å². The average molecular weight is 314 g/mol. The number of nitro groups is 1. The lowest BCUT2D eigenvalue weighted by Gasteiger charge is -1.97. The molecule has 0 aliphatic carbocycles. The smallest absolute Gasteiger partial charge is 0.348 e. The van der Waals surface area contributed by atoms with Crippen LogP contribution >= 0.6 is 11.3 Å². The Morgan fingerprint density at radius 1 is 1.41 bits per heavy atom. The first-order valence-electron chi connectivity index (χ1n) is 6.10. The Kier molecular flexibility index (Phi) is 4.66. The Balaban J connectivity index is 2.34. The molecule has 110 valence electrons. The molecule has 2 rings (SSSR count). The molecule has 0 saturated heterocycles. The topological polar surface area (TPSA) is 93.2 Å². The molecule has 0 spiro atoms. The summed E-state index contributed by atoms with van der Waals surface area (Å²) in [4.78, 5) is 23.2. The number of rotatable bonds is 4. The van der Waals surface area contributed by atoms with E-state index in [-0.39, 0.29) is 11.3 Å². The third-order valence-electron chi connectivity index (χ3n) is 2.78. The second-order valence-electron chi connectivity index (χ2n) is 4.17. The maximum absolute atomic E-state index is 11.4. The number of benzene rings is 1. The fourth-order valence-corrected chi connectivity index (χ4v) is 2.70. The third kappa shape index (κ3) is 3.37. The molecule has 2 aromatic rings. The molecule has 0 atom stereocenters. The molecule has 1 aromatic heterocycles. The summed E-state index contributed by atoms with van der Waals surface area (Å²) in [6.07, 6.45) is 1.43. The number of hydrogen-bond acceptors (Lipinski definition) is 6. The van der Waals surface area contributed by atoms with E-state index in [0.717, 1.165) is 4.88 Å². The van der Waals surface area contributed by atoms with Crippen LogP contribution in [0.2, 0.25) is 0 Å². The van der Waals surface area contributed by atoms with Crippen LogP contribution in [-0.2, 0) is 9.53 Å². The normalized spacial score (nSPS) is 10.8. The average Bonchev–Trinajstić information content (AvgIpc) is 3.00. The van der Waals surface area contributed by atoms with Gasteiger partial charge < -0.3 is 4.74 Å². The molecule has 22 heavy (non-hydrogen) atoms. The Bertz CT molecular complexity index is 802. The minimum Gasteiger partial charge on any atom is -0.465 e. The van der Waals surface area contributed by atoms with E-state index in [9.17, 15) is 14.9 Å². The number of nitrogens with zero attached hydrogens (tertiary/aromatic N) is 2. The molecule has 0 aliphatic rings. The minimum absolute atomic E-state index is 0.00951. The van der Waals surface area contributed by atoms with Crippen LogP contribution in [0.5, 0.6) is 0 Å². The number of non-ortho nitro benzene ring substituents is 1. The molecule has 0 radical (unpaired) electrons. The van der Waals surface area contributed by atoms with E-state index in [0.29, 0.717) is 10.4 Å². The lowest BCUT2D eigenvalue weighted by atomic mass is 10.1. The summed E-state index contributed by atoms with van der Waals surface area (Å²) in [5, 5.41) is 19.7. The number of carbonyl (C=O) groups excluding carboxylic acids is 1. The zero-order valence-corrected chi connectivity index (χ0v) is 12.3. The molecule has 0 bridgehead atoms. The van der Waals surface area contributed by atoms with Gasteiger partial charge in [0.2, 0.25) is 0 Å². The second-order valence-corrected chi connectivity index (χ2v) is 5.29. The molecule has 0 N–H and O–H groups in total. The molecule has 6 nitrogen and oxygen atoms in total. The number of hydrogen-bond donors (Lipinski definition) is 0. The highest BCUT2D eigenvalue weighted by molar-refractivity contribution is 7.16. The summed E-state index contributed by atoms with van der Waals surface area (Å²) in [5.41, 5.74) is 0.612. The monoisotopic (exact) mass is 314 g/mol. The van der Waals surface area contributed by atoms with Gasteiger partial charge in [0.25, 0.3) is 5.69 Å². The summed E-state index contributed by atoms with van der Waals surface area (Å²) in [6.45, 7) is 0. The summed E-state index contributed by atoms with van der Waals surface area (Å²) in [6, 6.07) is 11.6. The third-order valence-corrected chi connectivity index (χ3v) is 3.86. The van der Waals surface area contributed by atoms with Crippen LogP contribution in [0.3, 0.4) is 0 Å². The molecule has 1 heterocycles. The maximum atomic E-state index is 11.4. The van der Waals surface area contributed by atoms with Crippen molar-refractivity contribution in [2.75, 3.05) is 7.11 Å². The molecule has 0 saturated carbocycles. The molecular formula is C15H10N2O4S. The second kappa shape index (κ2) is 6.65. The van der Waals surface area contributed by atoms with Crippen LogP contribution in [0.25, 0.3) is 16.5 Å². The van der Waals surface area contributed by atoms with Crippen LogP contribution in [0.1, 0.15) is 4.88 Å². The van der Waals surface area contributed by atoms with Crippen molar-refractivity contribution in [3.63, 3.8) is 0 Å². The van der Waals surface area contributed by atoms with Crippen LogP contribution in [0.4, 0.5) is 5.69 Å². The predicted octanol–water partition coefficient (Wildman–Crippen LogP) is 3.40. The number of nitriles is 1. The van der Waals surface area contributed by atoms with E-state index in [1.807, 2.05) is 0 Å². The van der Waals surface area contributed by atoms with Gasteiger partial charge in [0.05, 0.1) is 12.0 Å². The highest BCUT2D eigenvalue weighted by atomic mass is 32.1. The van der Waals surface area contributed by atoms with Gasteiger partial charge in [-0.2, -0.15) is 5.26 Å². The lowest BCUT2D eigenvalue weighted by molar-refractivity contribution is -0.384. The standard InChI is InChI=1S/C15H10N2O4S/c1-21-15(18)11(9-16)8-13-5-6-14(22-13)10-3-2-4-12(7-10)17(19)20/h2-8H,1H3/b11-8-. The highest BCUT2D eigenvalue weighted by Gasteiger charge is 2.11. The number of nitro benzene ring substituents is 1. The van der Waals surface area contributed by atoms with Crippen molar-refractivity contribution in [1.29, 1.82) is 5.26 Å². The number of carbonyl (C=O) groups is 1. The largest absolute Gasteiger partial charge is 0.465 e. The van der Waals surface area contributed by atoms with Crippen molar-refractivity contribution in [2.45, 2.75) is 0 Å². The Morgan fingerprint density at radius 3 is 2.82 bits per heavy atom. The molecule has 0 unspecified atom stereocenters. The summed E-state index contributed by atoms with van der Waals surface area (Å²) in [7, 11) is 1.20. The van der Waals surface area contributed by atoms with E-state index in [2.05, 4.69) is 4.74 Å². The first-order chi connectivity index (χ1) is 10.5. The molecule has 0 fully saturated rings. The van der Waals surface area contributed by atoms with Crippen molar-refractivity contribution in [3.05, 3.63) is 57.0 Å². The quantitative estimate of drug-likeness (QED) is 0.283. The zero-order chi connectivity index (χ0) is 16.1. The van der Waals surface area contributed by atoms with Crippen LogP contribution in [0, 0.1) is 21.4 Å². The van der Waals surface area contributed by atoms with E-state index >= 15 is 0 Å². The SMILES string of the molecule is COC(=O)/C(C#N)=C\c1ccc(-c2cccc([N+](=O)[O-])c2)s1. The number of thiophene rings is 1. The van der Waals surface area contributed by atoms with E-state index < -0.39 is 10.9 Å². The van der Waals surface area contributed by atoms with Gasteiger partial charge >= 0.3 is 5.97 Å². The summed E-state index contributed by atoms with van der Waals surface area (Å²) in [5.74, 6) is -0.701. The van der Waals surface area contributed by atoms with Gasteiger partial charge in [-0.25, -0.2) is 4.79 Å². The summed E-state index contributed by atoms with van der Waals surface area (Å²) < 4.78 is 4.51. The van der Waals surface area contributed by atoms with Crippen LogP contribution in [-0.4, -0.2) is 18.0 Å². The number of methoxy groups -OCH3 is 1. The van der Waals surface area contributed by atoms with Gasteiger partial charge in [-0.05, 0) is 23.8 Å². The maximum Gasteiger partial charge on any atom is 0.348 e. The zero-order valence-electron chi connectivity index (χ0n) is 11.5. The highest BCUT2D eigenvalue weighted by Crippen LogP contribution is 2.31. The van der Waals surface area contributed by atoms with Crippen molar-refractivity contribution in [2.24, 2.45) is 0 Å². The lowest BCUT2D eigenvalue weighted by Crippen LogP contribution is -2.02. The van der Waals surface area contributed by atoms with E-state index in [1.54, 1.807) is 30.3 Å². The Labute approximate surface area is 130 Å². The first-order valence-corrected chi connectivity index (χ1v) is 6.91. The number of esters is 1. The van der Waals surface area contributed by atoms with Gasteiger partial charge in [-0.15, -0.1) is 11.3 Å². The molecule has 1 aromatic carbocycles. The van der Waals surface area contributed by atoms with Gasteiger partial charge in [-0.1, -0.05) is 12.1 Å². The van der Waals surface area contributed by atoms with Gasteiger partial charge in [0, 0.05) is 21.9 Å². The predicted molar refractivity (Wildman–Crippen MR) is 82.0 cm³/mol. The Morgan fingerprint density at radius 2 is 2.18 bits per heavy atom. The van der Waals surface area contributed by atoms with Crippen molar-refractivity contribution in [3.8, 4) is 16.5 Å². The van der Waals surface area contributed by atoms with Gasteiger partial charge in [0.15, 0.2) is 0 Å². The van der Waals surface area contributed by atoms with Gasteiger partial charge in [-0.3, -0.25) is 10.1 Å². The van der Waals surface area contributed by atoms with E-state index in [4.69, 9.17) is 5.26 Å². The summed E-state index contributed by atoms with van der Waals surface area (Å²) >= 11 is 1.32. The Hall–Kier alpha value is -2.98. The van der Waals surface area contributed by atoms with Gasteiger partial charge in [0.1, 0.15) is 11.6 Å².